The molecule has 0 aliphatic rings. The summed E-state index contributed by atoms with van der Waals surface area (Å²) in [7, 11) is 1.76. The molecule has 4 heteroatoms. The average Bonchev–Trinajstić information content (AvgIpc) is 2.37. The van der Waals surface area contributed by atoms with Crippen molar-refractivity contribution in [2.24, 2.45) is 4.99 Å². The molecular formula is C13H24BrN3. The summed E-state index contributed by atoms with van der Waals surface area (Å²) in [6.07, 6.45) is 7.60. The van der Waals surface area contributed by atoms with E-state index in [4.69, 9.17) is 5.41 Å². The van der Waals surface area contributed by atoms with Crippen molar-refractivity contribution in [1.29, 1.82) is 5.41 Å². The first-order valence-corrected chi connectivity index (χ1v) is 6.25. The van der Waals surface area contributed by atoms with Crippen LogP contribution in [0.25, 0.3) is 0 Å². The molecule has 2 N–H and O–H groups in total. The minimum Gasteiger partial charge on any atom is -0.371 e. The Hall–Kier alpha value is -1.16. The maximum absolute atomic E-state index is 5.50. The summed E-state index contributed by atoms with van der Waals surface area (Å²) in [5, 5.41) is 8.62. The third-order valence-corrected chi connectivity index (χ3v) is 1.51. The molecule has 3 nitrogen and oxygen atoms in total. The van der Waals surface area contributed by atoms with E-state index in [0.717, 1.165) is 16.9 Å². The van der Waals surface area contributed by atoms with Gasteiger partial charge >= 0.3 is 0 Å². The Morgan fingerprint density at radius 3 is 2.12 bits per heavy atom. The minimum absolute atomic E-state index is 0.857. The Morgan fingerprint density at radius 1 is 1.29 bits per heavy atom. The molecule has 98 valence electrons. The highest BCUT2D eigenvalue weighted by atomic mass is 79.9. The number of likely N-dealkylation sites (N-methyl/N-ethyl adjacent to an activating group) is 1. The first-order chi connectivity index (χ1) is 8.20. The summed E-state index contributed by atoms with van der Waals surface area (Å²) in [5.74, 6) is 0.882. The molecule has 0 atom stereocenters. The highest BCUT2D eigenvalue weighted by molar-refractivity contribution is 9.11. The summed E-state index contributed by atoms with van der Waals surface area (Å²) in [6.45, 7) is 13.1. The molecule has 0 aromatic carbocycles. The van der Waals surface area contributed by atoms with Crippen molar-refractivity contribution in [2.45, 2.75) is 20.8 Å². The molecule has 0 aliphatic carbocycles. The van der Waals surface area contributed by atoms with Gasteiger partial charge in [0.05, 0.1) is 0 Å². The van der Waals surface area contributed by atoms with Gasteiger partial charge in [0, 0.05) is 18.1 Å². The van der Waals surface area contributed by atoms with Crippen molar-refractivity contribution < 1.29 is 0 Å². The summed E-state index contributed by atoms with van der Waals surface area (Å²) < 4.78 is 0.857. The summed E-state index contributed by atoms with van der Waals surface area (Å²) >= 11 is 3.23. The van der Waals surface area contributed by atoms with Crippen LogP contribution in [0.3, 0.4) is 0 Å². The zero-order chi connectivity index (χ0) is 14.1. The van der Waals surface area contributed by atoms with Gasteiger partial charge in [0.2, 0.25) is 0 Å². The molecule has 0 heterocycles. The highest BCUT2D eigenvalue weighted by Crippen LogP contribution is 2.01. The van der Waals surface area contributed by atoms with E-state index in [1.807, 2.05) is 45.1 Å². The van der Waals surface area contributed by atoms with Gasteiger partial charge < -0.3 is 10.7 Å². The zero-order valence-electron chi connectivity index (χ0n) is 11.3. The molecule has 0 aromatic rings. The lowest BCUT2D eigenvalue weighted by Gasteiger charge is -1.99. The molecule has 0 aliphatic heterocycles. The first kappa shape index (κ1) is 21.2. The number of aliphatic imine (C=N–C) groups is 1. The second kappa shape index (κ2) is 20.3. The van der Waals surface area contributed by atoms with Crippen LogP contribution in [0, 0.1) is 5.41 Å². The van der Waals surface area contributed by atoms with Crippen LogP contribution in [0.15, 0.2) is 40.4 Å². The summed E-state index contributed by atoms with van der Waals surface area (Å²) in [6, 6.07) is 0. The van der Waals surface area contributed by atoms with Crippen LogP contribution in [0.5, 0.6) is 0 Å². The molecule has 0 bridgehead atoms. The standard InChI is InChI=1S/C10H15BrN2.C2H6.CH3N/c1-4-13-10(12-3)8-6-5-7-9(2)11;2*1-2/h5-8H,2,4H2,1,3H3,(H,12,13);1-2H3;2H,1H2/b7-5-,8-6+;;. The van der Waals surface area contributed by atoms with E-state index in [-0.39, 0.29) is 0 Å². The lowest BCUT2D eigenvalue weighted by atomic mass is 10.4. The number of rotatable bonds is 4. The van der Waals surface area contributed by atoms with Crippen LogP contribution in [-0.4, -0.2) is 26.1 Å². The Morgan fingerprint density at radius 2 is 1.76 bits per heavy atom. The van der Waals surface area contributed by atoms with Crippen molar-refractivity contribution in [3.05, 3.63) is 35.4 Å². The maximum atomic E-state index is 5.50. The molecule has 0 saturated heterocycles. The number of hydrogen-bond donors (Lipinski definition) is 2. The Bertz CT molecular complexity index is 255. The fourth-order valence-corrected chi connectivity index (χ4v) is 0.853. The zero-order valence-corrected chi connectivity index (χ0v) is 12.8. The summed E-state index contributed by atoms with van der Waals surface area (Å²) in [4.78, 5) is 4.05. The van der Waals surface area contributed by atoms with E-state index in [1.165, 1.54) is 0 Å². The molecule has 0 fully saturated rings. The maximum Gasteiger partial charge on any atom is 0.120 e. The van der Waals surface area contributed by atoms with Gasteiger partial charge in [-0.05, 0) is 25.8 Å². The average molecular weight is 302 g/mol. The number of amidine groups is 1. The number of allylic oxidation sites excluding steroid dienone is 4. The van der Waals surface area contributed by atoms with Crippen LogP contribution in [0.4, 0.5) is 0 Å². The lowest BCUT2D eigenvalue weighted by molar-refractivity contribution is 0.967. The topological polar surface area (TPSA) is 48.2 Å². The fourth-order valence-electron chi connectivity index (χ4n) is 0.700. The van der Waals surface area contributed by atoms with E-state index in [9.17, 15) is 0 Å². The van der Waals surface area contributed by atoms with Gasteiger partial charge in [-0.25, -0.2) is 0 Å². The van der Waals surface area contributed by atoms with Crippen molar-refractivity contribution >= 4 is 28.5 Å². The third-order valence-electron chi connectivity index (χ3n) is 1.24. The van der Waals surface area contributed by atoms with E-state index < -0.39 is 0 Å². The third kappa shape index (κ3) is 20.8. The molecule has 0 radical (unpaired) electrons. The Balaban J connectivity index is -0.000000439. The quantitative estimate of drug-likeness (QED) is 0.461. The molecule has 17 heavy (non-hydrogen) atoms. The molecule has 0 unspecified atom stereocenters. The van der Waals surface area contributed by atoms with E-state index in [0.29, 0.717) is 0 Å². The minimum atomic E-state index is 0.857. The molecule has 0 spiro atoms. The van der Waals surface area contributed by atoms with Gasteiger partial charge in [-0.15, -0.1) is 0 Å². The Kier molecular flexibility index (Phi) is 25.2. The van der Waals surface area contributed by atoms with Crippen molar-refractivity contribution in [3.63, 3.8) is 0 Å². The van der Waals surface area contributed by atoms with E-state index >= 15 is 0 Å². The highest BCUT2D eigenvalue weighted by Gasteiger charge is 1.84. The number of hydrogen-bond acceptors (Lipinski definition) is 2. The van der Waals surface area contributed by atoms with Crippen LogP contribution in [0.2, 0.25) is 0 Å². The normalized spacial score (nSPS) is 10.3. The Labute approximate surface area is 114 Å². The van der Waals surface area contributed by atoms with Gasteiger partial charge in [-0.2, -0.15) is 0 Å². The SMILES string of the molecule is C=C(Br)/C=C\C=C\C(=NC)NCC.C=N.CC. The van der Waals surface area contributed by atoms with Gasteiger partial charge in [0.25, 0.3) is 0 Å². The van der Waals surface area contributed by atoms with Gasteiger partial charge in [0.15, 0.2) is 0 Å². The van der Waals surface area contributed by atoms with Crippen LogP contribution in [-0.2, 0) is 0 Å². The second-order valence-electron chi connectivity index (χ2n) is 2.30. The van der Waals surface area contributed by atoms with E-state index in [2.05, 4.69) is 39.5 Å². The molecule has 0 saturated carbocycles. The molecular weight excluding hydrogens is 278 g/mol. The second-order valence-corrected chi connectivity index (χ2v) is 3.32. The number of nitrogens with one attached hydrogen (secondary N) is 2. The van der Waals surface area contributed by atoms with Crippen LogP contribution in [0.1, 0.15) is 20.8 Å². The number of nitrogens with zero attached hydrogens (tertiary/aromatic N) is 1. The molecule has 0 aromatic heterocycles. The van der Waals surface area contributed by atoms with Gasteiger partial charge in [-0.3, -0.25) is 4.99 Å². The van der Waals surface area contributed by atoms with Crippen LogP contribution >= 0.6 is 15.9 Å². The van der Waals surface area contributed by atoms with Crippen molar-refractivity contribution in [3.8, 4) is 0 Å². The molecule has 0 amide bonds. The number of halogens is 1. The first-order valence-electron chi connectivity index (χ1n) is 5.45. The predicted molar refractivity (Wildman–Crippen MR) is 84.6 cm³/mol. The fraction of sp³-hybridized carbons (Fsp3) is 0.385. The lowest BCUT2D eigenvalue weighted by Crippen LogP contribution is -2.20. The van der Waals surface area contributed by atoms with Crippen molar-refractivity contribution in [2.75, 3.05) is 13.6 Å². The smallest absolute Gasteiger partial charge is 0.120 e. The van der Waals surface area contributed by atoms with Crippen LogP contribution < -0.4 is 5.32 Å². The largest absolute Gasteiger partial charge is 0.371 e. The predicted octanol–water partition coefficient (Wildman–Crippen LogP) is 3.94. The monoisotopic (exact) mass is 301 g/mol. The molecule has 0 rings (SSSR count). The summed E-state index contributed by atoms with van der Waals surface area (Å²) in [5.41, 5.74) is 0. The van der Waals surface area contributed by atoms with Gasteiger partial charge in [-0.1, -0.05) is 48.5 Å². The van der Waals surface area contributed by atoms with E-state index in [1.54, 1.807) is 7.05 Å². The van der Waals surface area contributed by atoms with Gasteiger partial charge in [0.1, 0.15) is 5.84 Å². The van der Waals surface area contributed by atoms with Crippen molar-refractivity contribution in [1.82, 2.24) is 5.32 Å².